The van der Waals surface area contributed by atoms with Gasteiger partial charge < -0.3 is 5.32 Å². The third-order valence-electron chi connectivity index (χ3n) is 4.44. The van der Waals surface area contributed by atoms with E-state index >= 15 is 0 Å². The standard InChI is InChI=1S/C19H20BrCl2N5O/c1-11-16(20)10-26(24-11)7-6-18(28)23-19-12(2)25-27(13(19)3)9-14-4-5-15(21)8-17(14)22/h4-5,8,10H,6-7,9H2,1-3H3,(H,23,28). The summed E-state index contributed by atoms with van der Waals surface area (Å²) < 4.78 is 4.51. The molecule has 6 nitrogen and oxygen atoms in total. The topological polar surface area (TPSA) is 64.7 Å². The largest absolute Gasteiger partial charge is 0.323 e. The third kappa shape index (κ3) is 4.77. The Morgan fingerprint density at radius 2 is 1.93 bits per heavy atom. The van der Waals surface area contributed by atoms with Gasteiger partial charge in [-0.3, -0.25) is 14.2 Å². The molecule has 2 aromatic heterocycles. The van der Waals surface area contributed by atoms with Crippen LogP contribution in [0.2, 0.25) is 10.0 Å². The van der Waals surface area contributed by atoms with Crippen LogP contribution in [0.3, 0.4) is 0 Å². The molecule has 1 aromatic carbocycles. The number of anilines is 1. The highest BCUT2D eigenvalue weighted by molar-refractivity contribution is 9.10. The average Bonchev–Trinajstić information content (AvgIpc) is 3.09. The second-order valence-electron chi connectivity index (χ2n) is 6.56. The summed E-state index contributed by atoms with van der Waals surface area (Å²) in [5, 5.41) is 13.0. The minimum atomic E-state index is -0.0837. The summed E-state index contributed by atoms with van der Waals surface area (Å²) in [4.78, 5) is 12.4. The first kappa shape index (κ1) is 20.9. The van der Waals surface area contributed by atoms with E-state index in [1.54, 1.807) is 16.8 Å². The van der Waals surface area contributed by atoms with Crippen LogP contribution in [0, 0.1) is 20.8 Å². The molecule has 0 aliphatic carbocycles. The number of hydrogen-bond donors (Lipinski definition) is 1. The number of benzene rings is 1. The van der Waals surface area contributed by atoms with Crippen molar-refractivity contribution >= 4 is 50.7 Å². The summed E-state index contributed by atoms with van der Waals surface area (Å²) in [6.07, 6.45) is 2.19. The fraction of sp³-hybridized carbons (Fsp3) is 0.316. The zero-order valence-corrected chi connectivity index (χ0v) is 18.9. The van der Waals surface area contributed by atoms with Crippen molar-refractivity contribution in [1.82, 2.24) is 19.6 Å². The first-order chi connectivity index (χ1) is 13.2. The molecule has 0 aliphatic rings. The van der Waals surface area contributed by atoms with Gasteiger partial charge in [-0.15, -0.1) is 0 Å². The van der Waals surface area contributed by atoms with Gasteiger partial charge in [-0.1, -0.05) is 29.3 Å². The highest BCUT2D eigenvalue weighted by Gasteiger charge is 2.15. The second kappa shape index (κ2) is 8.68. The van der Waals surface area contributed by atoms with Crippen LogP contribution in [-0.2, 0) is 17.9 Å². The van der Waals surface area contributed by atoms with Gasteiger partial charge in [0.15, 0.2) is 0 Å². The van der Waals surface area contributed by atoms with Crippen LogP contribution >= 0.6 is 39.1 Å². The van der Waals surface area contributed by atoms with Crippen LogP contribution in [0.1, 0.15) is 29.1 Å². The van der Waals surface area contributed by atoms with Crippen molar-refractivity contribution in [3.63, 3.8) is 0 Å². The molecule has 0 saturated carbocycles. The van der Waals surface area contributed by atoms with Crippen molar-refractivity contribution in [3.8, 4) is 0 Å². The van der Waals surface area contributed by atoms with Crippen LogP contribution in [-0.4, -0.2) is 25.5 Å². The van der Waals surface area contributed by atoms with Crippen LogP contribution in [0.4, 0.5) is 5.69 Å². The Labute approximate surface area is 182 Å². The summed E-state index contributed by atoms with van der Waals surface area (Å²) in [6.45, 7) is 6.71. The Morgan fingerprint density at radius 3 is 2.57 bits per heavy atom. The van der Waals surface area contributed by atoms with Crippen molar-refractivity contribution in [2.45, 2.75) is 40.3 Å². The smallest absolute Gasteiger partial charge is 0.226 e. The van der Waals surface area contributed by atoms with E-state index in [4.69, 9.17) is 23.2 Å². The lowest BCUT2D eigenvalue weighted by molar-refractivity contribution is -0.116. The van der Waals surface area contributed by atoms with Gasteiger partial charge in [0, 0.05) is 29.2 Å². The van der Waals surface area contributed by atoms with E-state index in [2.05, 4.69) is 31.4 Å². The maximum atomic E-state index is 12.4. The SMILES string of the molecule is Cc1nn(CCC(=O)Nc2c(C)nn(Cc3ccc(Cl)cc3Cl)c2C)cc1Br. The molecule has 0 saturated heterocycles. The monoisotopic (exact) mass is 483 g/mol. The van der Waals surface area contributed by atoms with E-state index in [-0.39, 0.29) is 5.91 Å². The molecule has 1 N–H and O–H groups in total. The fourth-order valence-electron chi connectivity index (χ4n) is 2.87. The summed E-state index contributed by atoms with van der Waals surface area (Å²) in [5.74, 6) is -0.0837. The number of halogens is 3. The molecule has 148 valence electrons. The first-order valence-electron chi connectivity index (χ1n) is 8.72. The number of carbonyl (C=O) groups is 1. The lowest BCUT2D eigenvalue weighted by atomic mass is 10.2. The van der Waals surface area contributed by atoms with E-state index < -0.39 is 0 Å². The van der Waals surface area contributed by atoms with Crippen molar-refractivity contribution in [2.75, 3.05) is 5.32 Å². The van der Waals surface area contributed by atoms with Gasteiger partial charge in [-0.2, -0.15) is 10.2 Å². The molecule has 0 radical (unpaired) electrons. The zero-order valence-electron chi connectivity index (χ0n) is 15.8. The molecule has 3 aromatic rings. The molecule has 0 fully saturated rings. The van der Waals surface area contributed by atoms with Crippen LogP contribution < -0.4 is 5.32 Å². The molecule has 28 heavy (non-hydrogen) atoms. The van der Waals surface area contributed by atoms with Crippen LogP contribution in [0.25, 0.3) is 0 Å². The van der Waals surface area contributed by atoms with E-state index in [1.807, 2.05) is 37.7 Å². The maximum Gasteiger partial charge on any atom is 0.226 e. The number of hydrogen-bond acceptors (Lipinski definition) is 3. The maximum absolute atomic E-state index is 12.4. The number of rotatable bonds is 6. The minimum absolute atomic E-state index is 0.0837. The van der Waals surface area contributed by atoms with Gasteiger partial charge in [-0.05, 0) is 54.4 Å². The highest BCUT2D eigenvalue weighted by atomic mass is 79.9. The average molecular weight is 485 g/mol. The predicted octanol–water partition coefficient (Wildman–Crippen LogP) is 5.15. The number of nitrogens with one attached hydrogen (secondary N) is 1. The van der Waals surface area contributed by atoms with Gasteiger partial charge in [0.1, 0.15) is 0 Å². The van der Waals surface area contributed by atoms with Gasteiger partial charge >= 0.3 is 0 Å². The molecule has 0 atom stereocenters. The van der Waals surface area contributed by atoms with Gasteiger partial charge in [0.05, 0.1) is 33.8 Å². The number of aromatic nitrogens is 4. The van der Waals surface area contributed by atoms with E-state index in [9.17, 15) is 4.79 Å². The predicted molar refractivity (Wildman–Crippen MR) is 115 cm³/mol. The van der Waals surface area contributed by atoms with E-state index in [0.717, 1.165) is 32.8 Å². The lowest BCUT2D eigenvalue weighted by Crippen LogP contribution is -2.16. The van der Waals surface area contributed by atoms with E-state index in [0.29, 0.717) is 29.6 Å². The quantitative estimate of drug-likeness (QED) is 0.526. The Balaban J connectivity index is 1.68. The van der Waals surface area contributed by atoms with Crippen molar-refractivity contribution in [1.29, 1.82) is 0 Å². The van der Waals surface area contributed by atoms with Crippen LogP contribution in [0.15, 0.2) is 28.9 Å². The van der Waals surface area contributed by atoms with Crippen molar-refractivity contribution in [3.05, 3.63) is 61.6 Å². The van der Waals surface area contributed by atoms with Crippen molar-refractivity contribution in [2.24, 2.45) is 0 Å². The molecule has 2 heterocycles. The Kier molecular flexibility index (Phi) is 6.47. The fourth-order valence-corrected chi connectivity index (χ4v) is 3.65. The number of amides is 1. The molecule has 1 amide bonds. The normalized spacial score (nSPS) is 11.1. The first-order valence-corrected chi connectivity index (χ1v) is 10.3. The molecule has 9 heteroatoms. The molecule has 3 rings (SSSR count). The molecule has 0 bridgehead atoms. The van der Waals surface area contributed by atoms with Gasteiger partial charge in [-0.25, -0.2) is 0 Å². The minimum Gasteiger partial charge on any atom is -0.323 e. The summed E-state index contributed by atoms with van der Waals surface area (Å²) in [6, 6.07) is 5.39. The molecule has 0 spiro atoms. The van der Waals surface area contributed by atoms with Gasteiger partial charge in [0.25, 0.3) is 0 Å². The summed E-state index contributed by atoms with van der Waals surface area (Å²) >= 11 is 15.6. The lowest BCUT2D eigenvalue weighted by Gasteiger charge is -2.09. The Hall–Kier alpha value is -1.83. The highest BCUT2D eigenvalue weighted by Crippen LogP contribution is 2.25. The second-order valence-corrected chi connectivity index (χ2v) is 8.26. The number of aryl methyl sites for hydroxylation is 3. The third-order valence-corrected chi connectivity index (χ3v) is 5.80. The number of nitrogens with zero attached hydrogens (tertiary/aromatic N) is 4. The molecule has 0 unspecified atom stereocenters. The van der Waals surface area contributed by atoms with Crippen LogP contribution in [0.5, 0.6) is 0 Å². The molecular weight excluding hydrogens is 465 g/mol. The summed E-state index contributed by atoms with van der Waals surface area (Å²) in [5.41, 5.74) is 4.17. The Morgan fingerprint density at radius 1 is 1.18 bits per heavy atom. The molecule has 0 aliphatic heterocycles. The van der Waals surface area contributed by atoms with E-state index in [1.165, 1.54) is 0 Å². The number of carbonyl (C=O) groups excluding carboxylic acids is 1. The van der Waals surface area contributed by atoms with Gasteiger partial charge in [0.2, 0.25) is 5.91 Å². The summed E-state index contributed by atoms with van der Waals surface area (Å²) in [7, 11) is 0. The molecular formula is C19H20BrCl2N5O. The van der Waals surface area contributed by atoms with Crippen molar-refractivity contribution < 1.29 is 4.79 Å². The zero-order chi connectivity index (χ0) is 20.4. The Bertz CT molecular complexity index is 1010.